The molecule has 0 spiro atoms. The van der Waals surface area contributed by atoms with E-state index in [4.69, 9.17) is 23.2 Å². The first-order valence-corrected chi connectivity index (χ1v) is 2.89. The maximum absolute atomic E-state index is 11.7. The van der Waals surface area contributed by atoms with E-state index < -0.39 is 4.04 Å². The smallest absolute Gasteiger partial charge is 0.212 e. The molecular weight excluding hydrogens is 194 g/mol. The van der Waals surface area contributed by atoms with Gasteiger partial charge in [0, 0.05) is 0 Å². The lowest BCUT2D eigenvalue weighted by molar-refractivity contribution is 0.447. The minimum absolute atomic E-state index is 0.242. The lowest BCUT2D eigenvalue weighted by Gasteiger charge is -1.99. The van der Waals surface area contributed by atoms with Gasteiger partial charge in [0.15, 0.2) is 0 Å². The van der Waals surface area contributed by atoms with E-state index in [9.17, 15) is 4.39 Å². The van der Waals surface area contributed by atoms with Crippen molar-refractivity contribution in [2.24, 2.45) is 0 Å². The van der Waals surface area contributed by atoms with Crippen LogP contribution in [0.15, 0.2) is 0 Å². The van der Waals surface area contributed by atoms with Crippen molar-refractivity contribution in [3.05, 3.63) is 0 Å². The van der Waals surface area contributed by atoms with Crippen LogP contribution in [0.3, 0.4) is 0 Å². The number of hydrogen-bond donors (Lipinski definition) is 0. The molecule has 0 saturated heterocycles. The molecule has 0 aliphatic carbocycles. The summed E-state index contributed by atoms with van der Waals surface area (Å²) in [4.78, 5) is 0. The van der Waals surface area contributed by atoms with E-state index in [0.29, 0.717) is 0 Å². The average molecular weight is 196 g/mol. The number of rotatable bonds is 1. The molecule has 0 rings (SSSR count). The molecule has 0 aliphatic rings. The van der Waals surface area contributed by atoms with Gasteiger partial charge in [-0.1, -0.05) is 11.6 Å². The minimum atomic E-state index is -1.91. The van der Waals surface area contributed by atoms with Crippen molar-refractivity contribution in [3.8, 4) is 0 Å². The molecule has 4 heteroatoms. The van der Waals surface area contributed by atoms with Gasteiger partial charge in [-0.15, -0.1) is 11.6 Å². The molecule has 0 aromatic heterocycles. The molecule has 0 aliphatic heterocycles. The summed E-state index contributed by atoms with van der Waals surface area (Å²) in [6.07, 6.45) is 0. The lowest BCUT2D eigenvalue weighted by Crippen LogP contribution is -2.02. The summed E-state index contributed by atoms with van der Waals surface area (Å²) in [6.45, 7) is 0. The van der Waals surface area contributed by atoms with E-state index >= 15 is 0 Å². The van der Waals surface area contributed by atoms with Crippen LogP contribution in [0.25, 0.3) is 0 Å². The van der Waals surface area contributed by atoms with Crippen LogP contribution in [0.5, 0.6) is 0 Å². The van der Waals surface area contributed by atoms with Crippen molar-refractivity contribution in [3.63, 3.8) is 0 Å². The van der Waals surface area contributed by atoms with Gasteiger partial charge in [0.25, 0.3) is 4.04 Å². The van der Waals surface area contributed by atoms with Gasteiger partial charge in [0.05, 0.1) is 5.88 Å². The fourth-order valence-corrected chi connectivity index (χ4v) is 0. The van der Waals surface area contributed by atoms with Crippen LogP contribution in [0.2, 0.25) is 0 Å². The first kappa shape index (κ1) is 6.99. The van der Waals surface area contributed by atoms with Crippen LogP contribution in [-0.2, 0) is 0 Å². The summed E-state index contributed by atoms with van der Waals surface area (Å²) in [7, 11) is 0. The van der Waals surface area contributed by atoms with Crippen molar-refractivity contribution in [2.75, 3.05) is 5.88 Å². The summed E-state index contributed by atoms with van der Waals surface area (Å²) < 4.78 is 9.76. The molecule has 0 radical (unpaired) electrons. The third kappa shape index (κ3) is 4.99. The van der Waals surface area contributed by atoms with Gasteiger partial charge in [-0.2, -0.15) is 0 Å². The lowest BCUT2D eigenvalue weighted by atomic mass is 10.9. The van der Waals surface area contributed by atoms with Crippen molar-refractivity contribution in [1.29, 1.82) is 0 Å². The van der Waals surface area contributed by atoms with E-state index in [1.54, 1.807) is 0 Å². The van der Waals surface area contributed by atoms with E-state index in [1.807, 2.05) is 0 Å². The van der Waals surface area contributed by atoms with Gasteiger partial charge in [-0.25, -0.2) is 4.39 Å². The van der Waals surface area contributed by atoms with Crippen LogP contribution < -0.4 is 0 Å². The highest BCUT2D eigenvalue weighted by atomic mass is 79.9. The Morgan fingerprint density at radius 2 is 2.00 bits per heavy atom. The second-order valence-corrected chi connectivity index (χ2v) is 3.33. The normalized spacial score (nSPS) is 20.0. The van der Waals surface area contributed by atoms with Crippen molar-refractivity contribution in [2.45, 2.75) is 4.04 Å². The Labute approximate surface area is 53.7 Å². The Balaban J connectivity index is 3.17. The van der Waals surface area contributed by atoms with Crippen molar-refractivity contribution in [1.82, 2.24) is 0 Å². The highest BCUT2D eigenvalue weighted by Gasteiger charge is 2.18. The van der Waals surface area contributed by atoms with E-state index in [1.165, 1.54) is 0 Å². The molecule has 38 valence electrons. The summed E-state index contributed by atoms with van der Waals surface area (Å²) in [6, 6.07) is 0. The van der Waals surface area contributed by atoms with Crippen molar-refractivity contribution >= 4 is 39.1 Å². The van der Waals surface area contributed by atoms with Crippen LogP contribution in [0, 0.1) is 0 Å². The van der Waals surface area contributed by atoms with Gasteiger partial charge in [0.1, 0.15) is 0 Å². The molecule has 0 fully saturated rings. The number of alkyl halides is 4. The third-order valence-electron chi connectivity index (χ3n) is 0.152. The quantitative estimate of drug-likeness (QED) is 0.565. The SMILES string of the molecule is FC(Cl)(Br)CCl. The zero-order valence-electron chi connectivity index (χ0n) is 2.72. The Hall–Kier alpha value is 0.990. The van der Waals surface area contributed by atoms with E-state index in [0.717, 1.165) is 0 Å². The monoisotopic (exact) mass is 194 g/mol. The second kappa shape index (κ2) is 2.34. The molecule has 0 nitrogen and oxygen atoms in total. The van der Waals surface area contributed by atoms with Crippen LogP contribution in [0.4, 0.5) is 4.39 Å². The molecule has 0 bridgehead atoms. The predicted molar refractivity (Wildman–Crippen MR) is 29.3 cm³/mol. The standard InChI is InChI=1S/C2H2BrCl2F/c3-2(5,6)1-4/h1H2. The Bertz CT molecular complexity index is 41.3. The van der Waals surface area contributed by atoms with Gasteiger partial charge in [-0.3, -0.25) is 0 Å². The molecule has 0 aromatic carbocycles. The first-order chi connectivity index (χ1) is 2.56. The van der Waals surface area contributed by atoms with Gasteiger partial charge >= 0.3 is 0 Å². The molecular formula is C2H2BrCl2F. The first-order valence-electron chi connectivity index (χ1n) is 1.19. The molecule has 0 N–H and O–H groups in total. The molecule has 0 aromatic rings. The van der Waals surface area contributed by atoms with E-state index in [-0.39, 0.29) is 5.88 Å². The fourth-order valence-electron chi connectivity index (χ4n) is 0. The highest BCUT2D eigenvalue weighted by Crippen LogP contribution is 2.25. The van der Waals surface area contributed by atoms with Crippen LogP contribution >= 0.6 is 39.1 Å². The summed E-state index contributed by atoms with van der Waals surface area (Å²) in [5, 5.41) is 0. The van der Waals surface area contributed by atoms with Crippen LogP contribution in [-0.4, -0.2) is 9.92 Å². The molecule has 1 atom stereocenters. The fraction of sp³-hybridized carbons (Fsp3) is 1.00. The molecule has 0 saturated carbocycles. The maximum atomic E-state index is 11.7. The largest absolute Gasteiger partial charge is 0.251 e. The highest BCUT2D eigenvalue weighted by molar-refractivity contribution is 9.10. The number of halogens is 4. The second-order valence-electron chi connectivity index (χ2n) is 0.749. The molecule has 0 heterocycles. The van der Waals surface area contributed by atoms with Gasteiger partial charge < -0.3 is 0 Å². The molecule has 6 heavy (non-hydrogen) atoms. The van der Waals surface area contributed by atoms with Crippen molar-refractivity contribution < 1.29 is 4.39 Å². The average Bonchev–Trinajstić information content (AvgIpc) is 1.35. The molecule has 1 unspecified atom stereocenters. The zero-order valence-corrected chi connectivity index (χ0v) is 5.82. The Kier molecular flexibility index (Phi) is 2.72. The van der Waals surface area contributed by atoms with Gasteiger partial charge in [0.2, 0.25) is 0 Å². The maximum Gasteiger partial charge on any atom is 0.251 e. The summed E-state index contributed by atoms with van der Waals surface area (Å²) >= 11 is 12.2. The summed E-state index contributed by atoms with van der Waals surface area (Å²) in [5.74, 6) is -0.242. The Morgan fingerprint density at radius 3 is 2.00 bits per heavy atom. The third-order valence-corrected chi connectivity index (χ3v) is 1.39. The minimum Gasteiger partial charge on any atom is -0.212 e. The topological polar surface area (TPSA) is 0 Å². The predicted octanol–water partition coefficient (Wildman–Crippen LogP) is 2.48. The number of hydrogen-bond acceptors (Lipinski definition) is 0. The van der Waals surface area contributed by atoms with E-state index in [2.05, 4.69) is 15.9 Å². The van der Waals surface area contributed by atoms with Crippen LogP contribution in [0.1, 0.15) is 0 Å². The summed E-state index contributed by atoms with van der Waals surface area (Å²) in [5.41, 5.74) is 0. The zero-order chi connectivity index (χ0) is 5.21. The van der Waals surface area contributed by atoms with Gasteiger partial charge in [-0.05, 0) is 15.9 Å². The Morgan fingerprint density at radius 1 is 1.83 bits per heavy atom. The molecule has 0 amide bonds.